The van der Waals surface area contributed by atoms with E-state index in [0.717, 1.165) is 48.5 Å². The number of anilines is 1. The van der Waals surface area contributed by atoms with Crippen LogP contribution in [0.25, 0.3) is 11.5 Å². The molecule has 2 aromatic rings. The topological polar surface area (TPSA) is 88.0 Å². The van der Waals surface area contributed by atoms with Crippen LogP contribution in [0.4, 0.5) is 5.82 Å². The summed E-state index contributed by atoms with van der Waals surface area (Å²) >= 11 is 0. The number of aliphatic carboxylic acids is 1. The van der Waals surface area contributed by atoms with E-state index in [1.807, 2.05) is 18.2 Å². The molecule has 0 amide bonds. The molecule has 2 aromatic heterocycles. The molecule has 0 unspecified atom stereocenters. The van der Waals surface area contributed by atoms with E-state index in [-0.39, 0.29) is 6.42 Å². The van der Waals surface area contributed by atoms with Gasteiger partial charge < -0.3 is 10.4 Å². The first-order chi connectivity index (χ1) is 10.7. The quantitative estimate of drug-likeness (QED) is 0.880. The van der Waals surface area contributed by atoms with E-state index in [2.05, 4.69) is 20.3 Å². The van der Waals surface area contributed by atoms with E-state index in [0.29, 0.717) is 12.4 Å². The molecule has 0 radical (unpaired) electrons. The van der Waals surface area contributed by atoms with Crippen molar-refractivity contribution in [2.24, 2.45) is 0 Å². The first-order valence-electron chi connectivity index (χ1n) is 7.51. The number of rotatable bonds is 5. The fourth-order valence-electron chi connectivity index (χ4n) is 2.64. The molecule has 0 aromatic carbocycles. The molecule has 0 saturated heterocycles. The van der Waals surface area contributed by atoms with Gasteiger partial charge in [-0.1, -0.05) is 6.07 Å². The molecule has 1 aliphatic rings. The second kappa shape index (κ2) is 6.51. The molecule has 0 spiro atoms. The van der Waals surface area contributed by atoms with Crippen LogP contribution in [0.15, 0.2) is 24.4 Å². The van der Waals surface area contributed by atoms with E-state index in [9.17, 15) is 4.79 Å². The Bertz CT molecular complexity index is 673. The molecule has 22 heavy (non-hydrogen) atoms. The minimum absolute atomic E-state index is 0.0672. The molecule has 1 aliphatic carbocycles. The Balaban J connectivity index is 1.94. The number of carboxylic acids is 1. The zero-order valence-corrected chi connectivity index (χ0v) is 12.2. The first kappa shape index (κ1) is 14.4. The average molecular weight is 298 g/mol. The fraction of sp³-hybridized carbons (Fsp3) is 0.375. The summed E-state index contributed by atoms with van der Waals surface area (Å²) in [4.78, 5) is 24.2. The smallest absolute Gasteiger partial charge is 0.305 e. The number of carbonyl (C=O) groups is 1. The van der Waals surface area contributed by atoms with E-state index in [4.69, 9.17) is 5.11 Å². The summed E-state index contributed by atoms with van der Waals surface area (Å²) in [5, 5.41) is 11.9. The largest absolute Gasteiger partial charge is 0.481 e. The summed E-state index contributed by atoms with van der Waals surface area (Å²) in [6.45, 7) is 0.362. The van der Waals surface area contributed by atoms with Gasteiger partial charge in [0.1, 0.15) is 11.5 Å². The molecule has 2 heterocycles. The second-order valence-electron chi connectivity index (χ2n) is 5.31. The van der Waals surface area contributed by atoms with E-state index < -0.39 is 5.97 Å². The van der Waals surface area contributed by atoms with E-state index in [1.54, 1.807) is 6.20 Å². The minimum atomic E-state index is -0.819. The Morgan fingerprint density at radius 3 is 2.86 bits per heavy atom. The van der Waals surface area contributed by atoms with Crippen LogP contribution < -0.4 is 5.32 Å². The molecule has 0 atom stereocenters. The van der Waals surface area contributed by atoms with Gasteiger partial charge in [-0.2, -0.15) is 0 Å². The van der Waals surface area contributed by atoms with Crippen LogP contribution >= 0.6 is 0 Å². The average Bonchev–Trinajstić information content (AvgIpc) is 2.55. The Morgan fingerprint density at radius 2 is 2.09 bits per heavy atom. The predicted octanol–water partition coefficient (Wildman–Crippen LogP) is 2.30. The summed E-state index contributed by atoms with van der Waals surface area (Å²) < 4.78 is 0. The normalized spacial score (nSPS) is 13.5. The van der Waals surface area contributed by atoms with Crippen molar-refractivity contribution in [1.82, 2.24) is 15.0 Å². The number of carboxylic acid groups (broad SMARTS) is 1. The van der Waals surface area contributed by atoms with E-state index >= 15 is 0 Å². The number of fused-ring (bicyclic) bond motifs is 1. The molecule has 2 N–H and O–H groups in total. The number of aryl methyl sites for hydroxylation is 1. The first-order valence-corrected chi connectivity index (χ1v) is 7.51. The monoisotopic (exact) mass is 298 g/mol. The van der Waals surface area contributed by atoms with Gasteiger partial charge in [-0.15, -0.1) is 0 Å². The molecule has 0 aliphatic heterocycles. The van der Waals surface area contributed by atoms with Crippen molar-refractivity contribution in [3.63, 3.8) is 0 Å². The summed E-state index contributed by atoms with van der Waals surface area (Å²) in [5.74, 6) is 0.533. The summed E-state index contributed by atoms with van der Waals surface area (Å²) in [6.07, 6.45) is 5.90. The van der Waals surface area contributed by atoms with Crippen molar-refractivity contribution >= 4 is 11.8 Å². The fourth-order valence-corrected chi connectivity index (χ4v) is 2.64. The van der Waals surface area contributed by atoms with Gasteiger partial charge in [0, 0.05) is 24.0 Å². The Labute approximate surface area is 128 Å². The molecule has 0 fully saturated rings. The molecular formula is C16H18N4O2. The van der Waals surface area contributed by atoms with Gasteiger partial charge in [-0.05, 0) is 37.8 Å². The maximum atomic E-state index is 10.7. The molecular weight excluding hydrogens is 280 g/mol. The maximum absolute atomic E-state index is 10.7. The highest BCUT2D eigenvalue weighted by molar-refractivity contribution is 5.67. The standard InChI is InChI=1S/C16H18N4O2/c21-14(22)8-10-18-15-11-5-1-2-6-12(11)19-16(20-15)13-7-3-4-9-17-13/h3-4,7,9H,1-2,5-6,8,10H2,(H,21,22)(H,18,19,20). The molecule has 3 rings (SSSR count). The molecule has 114 valence electrons. The molecule has 0 bridgehead atoms. The Hall–Kier alpha value is -2.50. The van der Waals surface area contributed by atoms with Crippen molar-refractivity contribution < 1.29 is 9.90 Å². The van der Waals surface area contributed by atoms with Crippen LogP contribution in [0.2, 0.25) is 0 Å². The number of nitrogens with one attached hydrogen (secondary N) is 1. The zero-order chi connectivity index (χ0) is 15.4. The van der Waals surface area contributed by atoms with Crippen molar-refractivity contribution in [1.29, 1.82) is 0 Å². The van der Waals surface area contributed by atoms with Gasteiger partial charge in [0.2, 0.25) is 0 Å². The summed E-state index contributed by atoms with van der Waals surface area (Å²) in [5.41, 5.74) is 2.91. The highest BCUT2D eigenvalue weighted by Crippen LogP contribution is 2.27. The van der Waals surface area contributed by atoms with Crippen molar-refractivity contribution in [2.75, 3.05) is 11.9 Å². The number of aromatic nitrogens is 3. The lowest BCUT2D eigenvalue weighted by molar-refractivity contribution is -0.136. The lowest BCUT2D eigenvalue weighted by Gasteiger charge is -2.19. The van der Waals surface area contributed by atoms with Gasteiger partial charge in [-0.3, -0.25) is 9.78 Å². The third-order valence-corrected chi connectivity index (χ3v) is 3.71. The van der Waals surface area contributed by atoms with Crippen LogP contribution in [0, 0.1) is 0 Å². The lowest BCUT2D eigenvalue weighted by atomic mass is 9.96. The Kier molecular flexibility index (Phi) is 4.27. The maximum Gasteiger partial charge on any atom is 0.305 e. The van der Waals surface area contributed by atoms with Crippen molar-refractivity contribution in [3.8, 4) is 11.5 Å². The van der Waals surface area contributed by atoms with E-state index in [1.165, 1.54) is 0 Å². The van der Waals surface area contributed by atoms with Crippen LogP contribution in [0.1, 0.15) is 30.5 Å². The highest BCUT2D eigenvalue weighted by Gasteiger charge is 2.18. The van der Waals surface area contributed by atoms with Crippen LogP contribution in [-0.2, 0) is 17.6 Å². The third-order valence-electron chi connectivity index (χ3n) is 3.71. The van der Waals surface area contributed by atoms with Gasteiger partial charge in [0.05, 0.1) is 6.42 Å². The predicted molar refractivity (Wildman–Crippen MR) is 82.6 cm³/mol. The number of pyridine rings is 1. The van der Waals surface area contributed by atoms with Crippen LogP contribution in [0.3, 0.4) is 0 Å². The van der Waals surface area contributed by atoms with Gasteiger partial charge >= 0.3 is 5.97 Å². The van der Waals surface area contributed by atoms with Crippen LogP contribution in [-0.4, -0.2) is 32.6 Å². The van der Waals surface area contributed by atoms with Crippen molar-refractivity contribution in [2.45, 2.75) is 32.1 Å². The Morgan fingerprint density at radius 1 is 1.23 bits per heavy atom. The van der Waals surface area contributed by atoms with Gasteiger partial charge in [0.25, 0.3) is 0 Å². The number of nitrogens with zero attached hydrogens (tertiary/aromatic N) is 3. The number of hydrogen-bond donors (Lipinski definition) is 2. The van der Waals surface area contributed by atoms with Crippen molar-refractivity contribution in [3.05, 3.63) is 35.7 Å². The third kappa shape index (κ3) is 3.21. The second-order valence-corrected chi connectivity index (χ2v) is 5.31. The zero-order valence-electron chi connectivity index (χ0n) is 12.2. The summed E-state index contributed by atoms with van der Waals surface area (Å²) in [6, 6.07) is 5.64. The minimum Gasteiger partial charge on any atom is -0.481 e. The van der Waals surface area contributed by atoms with Gasteiger partial charge in [0.15, 0.2) is 5.82 Å². The summed E-state index contributed by atoms with van der Waals surface area (Å²) in [7, 11) is 0. The lowest BCUT2D eigenvalue weighted by Crippen LogP contribution is -2.16. The molecule has 6 heteroatoms. The van der Waals surface area contributed by atoms with Crippen LogP contribution in [0.5, 0.6) is 0 Å². The van der Waals surface area contributed by atoms with Gasteiger partial charge in [-0.25, -0.2) is 9.97 Å². The molecule has 6 nitrogen and oxygen atoms in total. The molecule has 0 saturated carbocycles. The number of hydrogen-bond acceptors (Lipinski definition) is 5. The SMILES string of the molecule is O=C(O)CCNc1nc(-c2ccccn2)nc2c1CCCC2. The highest BCUT2D eigenvalue weighted by atomic mass is 16.4.